The third-order valence-corrected chi connectivity index (χ3v) is 1.61. The van der Waals surface area contributed by atoms with E-state index in [-0.39, 0.29) is 12.4 Å². The van der Waals surface area contributed by atoms with Crippen molar-refractivity contribution < 1.29 is 14.5 Å². The maximum absolute atomic E-state index is 10.4. The second-order valence-corrected chi connectivity index (χ2v) is 2.76. The Morgan fingerprint density at radius 2 is 2.33 bits per heavy atom. The quantitative estimate of drug-likeness (QED) is 0.352. The van der Waals surface area contributed by atoms with Crippen LogP contribution in [0.5, 0.6) is 0 Å². The number of anilines is 1. The van der Waals surface area contributed by atoms with Gasteiger partial charge in [-0.15, -0.1) is 0 Å². The summed E-state index contributed by atoms with van der Waals surface area (Å²) in [5, 5.41) is 13.2. The highest BCUT2D eigenvalue weighted by atomic mass is 16.6. The first kappa shape index (κ1) is 11.0. The number of carbonyl (C=O) groups is 1. The van der Waals surface area contributed by atoms with Crippen LogP contribution in [-0.2, 0) is 9.53 Å². The van der Waals surface area contributed by atoms with Crippen LogP contribution in [0.2, 0.25) is 0 Å². The zero-order valence-corrected chi connectivity index (χ0v) is 8.10. The first-order valence-electron chi connectivity index (χ1n) is 4.21. The van der Waals surface area contributed by atoms with Gasteiger partial charge in [-0.25, -0.2) is 0 Å². The van der Waals surface area contributed by atoms with E-state index in [0.29, 0.717) is 5.69 Å². The van der Waals surface area contributed by atoms with Crippen LogP contribution in [0, 0.1) is 10.1 Å². The molecule has 6 nitrogen and oxygen atoms in total. The van der Waals surface area contributed by atoms with E-state index in [4.69, 9.17) is 0 Å². The van der Waals surface area contributed by atoms with Gasteiger partial charge in [0.05, 0.1) is 4.92 Å². The molecular weight excluding hydrogens is 200 g/mol. The highest BCUT2D eigenvalue weighted by Crippen LogP contribution is 2.16. The second-order valence-electron chi connectivity index (χ2n) is 2.76. The average Bonchev–Trinajstić information content (AvgIpc) is 2.17. The molecule has 0 aliphatic carbocycles. The van der Waals surface area contributed by atoms with Crippen LogP contribution in [0.15, 0.2) is 24.3 Å². The van der Waals surface area contributed by atoms with Gasteiger partial charge in [-0.05, 0) is 6.07 Å². The van der Waals surface area contributed by atoms with Crippen molar-refractivity contribution in [1.82, 2.24) is 0 Å². The molecule has 0 aliphatic rings. The largest absolute Gasteiger partial charge is 0.445 e. The summed E-state index contributed by atoms with van der Waals surface area (Å²) in [5.74, 6) is -0.409. The zero-order chi connectivity index (χ0) is 11.3. The summed E-state index contributed by atoms with van der Waals surface area (Å²) >= 11 is 0. The van der Waals surface area contributed by atoms with Crippen molar-refractivity contribution in [1.29, 1.82) is 0 Å². The maximum Gasteiger partial charge on any atom is 0.304 e. The third-order valence-electron chi connectivity index (χ3n) is 1.61. The number of esters is 1. The van der Waals surface area contributed by atoms with Crippen molar-refractivity contribution in [2.75, 3.05) is 12.0 Å². The van der Waals surface area contributed by atoms with Crippen LogP contribution >= 0.6 is 0 Å². The molecule has 15 heavy (non-hydrogen) atoms. The van der Waals surface area contributed by atoms with Crippen molar-refractivity contribution in [2.24, 2.45) is 0 Å². The number of carbonyl (C=O) groups excluding carboxylic acids is 1. The van der Waals surface area contributed by atoms with Gasteiger partial charge >= 0.3 is 5.97 Å². The molecule has 1 aromatic carbocycles. The summed E-state index contributed by atoms with van der Waals surface area (Å²) in [4.78, 5) is 20.4. The van der Waals surface area contributed by atoms with Crippen LogP contribution in [-0.4, -0.2) is 17.6 Å². The Morgan fingerprint density at radius 3 is 2.93 bits per heavy atom. The van der Waals surface area contributed by atoms with E-state index in [0.717, 1.165) is 0 Å². The van der Waals surface area contributed by atoms with Gasteiger partial charge in [-0.3, -0.25) is 14.9 Å². The molecule has 0 fully saturated rings. The molecule has 0 amide bonds. The van der Waals surface area contributed by atoms with E-state index in [2.05, 4.69) is 10.1 Å². The highest BCUT2D eigenvalue weighted by molar-refractivity contribution is 5.66. The molecule has 1 aromatic rings. The van der Waals surface area contributed by atoms with Gasteiger partial charge in [0.2, 0.25) is 0 Å². The van der Waals surface area contributed by atoms with Gasteiger partial charge in [0, 0.05) is 24.7 Å². The van der Waals surface area contributed by atoms with E-state index < -0.39 is 10.9 Å². The number of non-ortho nitro benzene ring substituents is 1. The van der Waals surface area contributed by atoms with E-state index in [1.807, 2.05) is 0 Å². The van der Waals surface area contributed by atoms with E-state index >= 15 is 0 Å². The topological polar surface area (TPSA) is 81.5 Å². The molecular formula is C9H10N2O4. The van der Waals surface area contributed by atoms with Crippen molar-refractivity contribution in [3.63, 3.8) is 0 Å². The van der Waals surface area contributed by atoms with Crippen molar-refractivity contribution in [2.45, 2.75) is 6.92 Å². The van der Waals surface area contributed by atoms with Gasteiger partial charge in [0.1, 0.15) is 0 Å². The molecule has 0 heterocycles. The molecule has 0 saturated carbocycles. The predicted molar refractivity (Wildman–Crippen MR) is 53.4 cm³/mol. The number of nitrogens with zero attached hydrogens (tertiary/aromatic N) is 1. The molecule has 0 radical (unpaired) electrons. The Balaban J connectivity index is 2.58. The Morgan fingerprint density at radius 1 is 1.60 bits per heavy atom. The van der Waals surface area contributed by atoms with Gasteiger partial charge in [-0.1, -0.05) is 6.07 Å². The monoisotopic (exact) mass is 210 g/mol. The fraction of sp³-hybridized carbons (Fsp3) is 0.222. The number of hydrogen-bond donors (Lipinski definition) is 1. The summed E-state index contributed by atoms with van der Waals surface area (Å²) in [6, 6.07) is 5.95. The number of nitro benzene ring substituents is 1. The maximum atomic E-state index is 10.4. The molecule has 0 atom stereocenters. The lowest BCUT2D eigenvalue weighted by Crippen LogP contribution is -2.09. The summed E-state index contributed by atoms with van der Waals surface area (Å²) in [7, 11) is 0. The lowest BCUT2D eigenvalue weighted by molar-refractivity contribution is -0.384. The van der Waals surface area contributed by atoms with Crippen LogP contribution in [0.3, 0.4) is 0 Å². The molecule has 1 N–H and O–H groups in total. The second kappa shape index (κ2) is 4.94. The molecule has 0 bridgehead atoms. The summed E-state index contributed by atoms with van der Waals surface area (Å²) in [5.41, 5.74) is 0.522. The summed E-state index contributed by atoms with van der Waals surface area (Å²) in [6.07, 6.45) is 0. The Bertz CT molecular complexity index is 378. The molecule has 0 spiro atoms. The molecule has 0 unspecified atom stereocenters. The van der Waals surface area contributed by atoms with E-state index in [9.17, 15) is 14.9 Å². The molecule has 0 aromatic heterocycles. The number of nitro groups is 1. The first-order chi connectivity index (χ1) is 7.09. The number of rotatable bonds is 4. The normalized spacial score (nSPS) is 9.40. The Labute approximate surface area is 86.0 Å². The zero-order valence-electron chi connectivity index (χ0n) is 8.10. The molecule has 80 valence electrons. The Kier molecular flexibility index (Phi) is 3.61. The van der Waals surface area contributed by atoms with Gasteiger partial charge in [-0.2, -0.15) is 0 Å². The van der Waals surface area contributed by atoms with Crippen LogP contribution in [0.4, 0.5) is 11.4 Å². The minimum absolute atomic E-state index is 0.00347. The molecule has 0 aliphatic heterocycles. The van der Waals surface area contributed by atoms with Crippen molar-refractivity contribution in [3.05, 3.63) is 34.4 Å². The fourth-order valence-electron chi connectivity index (χ4n) is 0.950. The first-order valence-corrected chi connectivity index (χ1v) is 4.21. The lowest BCUT2D eigenvalue weighted by atomic mass is 10.3. The summed E-state index contributed by atoms with van der Waals surface area (Å²) < 4.78 is 4.63. The van der Waals surface area contributed by atoms with Gasteiger partial charge < -0.3 is 10.1 Å². The Hall–Kier alpha value is -2.11. The number of ether oxygens (including phenoxy) is 1. The fourth-order valence-corrected chi connectivity index (χ4v) is 0.950. The van der Waals surface area contributed by atoms with Crippen LogP contribution < -0.4 is 5.32 Å². The molecule has 6 heteroatoms. The van der Waals surface area contributed by atoms with Crippen LogP contribution in [0.25, 0.3) is 0 Å². The predicted octanol–water partition coefficient (Wildman–Crippen LogP) is 1.53. The smallest absolute Gasteiger partial charge is 0.304 e. The van der Waals surface area contributed by atoms with Crippen molar-refractivity contribution >= 4 is 17.3 Å². The number of nitrogens with one attached hydrogen (secondary N) is 1. The minimum atomic E-state index is -0.489. The standard InChI is InChI=1S/C9H10N2O4/c1-7(12)15-6-10-8-3-2-4-9(5-8)11(13)14/h2-5,10H,6H2,1H3. The third kappa shape index (κ3) is 3.63. The SMILES string of the molecule is CC(=O)OCNc1cccc([N+](=O)[O-])c1. The molecule has 0 saturated heterocycles. The van der Waals surface area contributed by atoms with Crippen LogP contribution in [0.1, 0.15) is 6.92 Å². The average molecular weight is 210 g/mol. The lowest BCUT2D eigenvalue weighted by Gasteiger charge is -2.05. The molecule has 1 rings (SSSR count). The number of hydrogen-bond acceptors (Lipinski definition) is 5. The van der Waals surface area contributed by atoms with E-state index in [1.54, 1.807) is 12.1 Å². The highest BCUT2D eigenvalue weighted by Gasteiger charge is 2.04. The van der Waals surface area contributed by atoms with Crippen molar-refractivity contribution in [3.8, 4) is 0 Å². The van der Waals surface area contributed by atoms with Gasteiger partial charge in [0.15, 0.2) is 6.73 Å². The minimum Gasteiger partial charge on any atom is -0.445 e. The van der Waals surface area contributed by atoms with Gasteiger partial charge in [0.25, 0.3) is 5.69 Å². The number of benzene rings is 1. The van der Waals surface area contributed by atoms with E-state index in [1.165, 1.54) is 19.1 Å². The summed E-state index contributed by atoms with van der Waals surface area (Å²) in [6.45, 7) is 1.28.